The molecule has 0 amide bonds. The van der Waals surface area contributed by atoms with E-state index in [1.165, 1.54) is 0 Å². The summed E-state index contributed by atoms with van der Waals surface area (Å²) < 4.78 is 5.05. The van der Waals surface area contributed by atoms with Crippen molar-refractivity contribution >= 4 is 23.5 Å². The van der Waals surface area contributed by atoms with Gasteiger partial charge in [0.05, 0.1) is 6.61 Å². The zero-order valence-corrected chi connectivity index (χ0v) is 13.0. The lowest BCUT2D eigenvalue weighted by atomic mass is 10.1. The predicted molar refractivity (Wildman–Crippen MR) is 80.3 cm³/mol. The Morgan fingerprint density at radius 2 is 1.89 bits per heavy atom. The topological polar surface area (TPSA) is 69.4 Å². The minimum atomic E-state index is -0.535. The summed E-state index contributed by atoms with van der Waals surface area (Å²) in [6.07, 6.45) is 7.55. The fourth-order valence-corrected chi connectivity index (χ4v) is 2.10. The molecule has 0 bridgehead atoms. The molecule has 0 radical (unpaired) electrons. The van der Waals surface area contributed by atoms with Crippen molar-refractivity contribution in [2.24, 2.45) is 5.73 Å². The first kappa shape index (κ1) is 18.4. The van der Waals surface area contributed by atoms with E-state index < -0.39 is 6.04 Å². The molecule has 0 aromatic rings. The molecule has 0 heterocycles. The maximum Gasteiger partial charge on any atom is 0.322 e. The molecule has 0 aromatic heterocycles. The molecule has 1 unspecified atom stereocenters. The molecule has 0 aliphatic rings. The highest BCUT2D eigenvalue weighted by atomic mass is 32.2. The number of esters is 1. The molecule has 0 saturated heterocycles. The zero-order chi connectivity index (χ0) is 14.5. The summed E-state index contributed by atoms with van der Waals surface area (Å²) in [5, 5.41) is 0. The molecular weight excluding hydrogens is 262 g/mol. The molecule has 1 atom stereocenters. The van der Waals surface area contributed by atoms with E-state index in [4.69, 9.17) is 10.5 Å². The number of unbranched alkanes of at least 4 members (excludes halogenated alkanes) is 2. The van der Waals surface area contributed by atoms with Gasteiger partial charge in [0.25, 0.3) is 0 Å². The number of nitrogens with two attached hydrogens (primary N) is 1. The third-order valence-electron chi connectivity index (χ3n) is 2.84. The Morgan fingerprint density at radius 1 is 1.21 bits per heavy atom. The van der Waals surface area contributed by atoms with E-state index in [1.54, 1.807) is 11.8 Å². The zero-order valence-electron chi connectivity index (χ0n) is 12.2. The average molecular weight is 289 g/mol. The SMILES string of the molecule is CCCCCC(=O)CCCOC(=O)C(N)CCSC. The summed E-state index contributed by atoms with van der Waals surface area (Å²) in [7, 11) is 0. The van der Waals surface area contributed by atoms with Crippen LogP contribution in [0.5, 0.6) is 0 Å². The first-order valence-corrected chi connectivity index (χ1v) is 8.44. The summed E-state index contributed by atoms with van der Waals surface area (Å²) in [5.74, 6) is 0.760. The summed E-state index contributed by atoms with van der Waals surface area (Å²) in [4.78, 5) is 22.9. The van der Waals surface area contributed by atoms with Crippen LogP contribution in [0.2, 0.25) is 0 Å². The molecule has 4 nitrogen and oxygen atoms in total. The van der Waals surface area contributed by atoms with Gasteiger partial charge in [-0.15, -0.1) is 0 Å². The van der Waals surface area contributed by atoms with Crippen LogP contribution in [0.3, 0.4) is 0 Å². The van der Waals surface area contributed by atoms with Crippen molar-refractivity contribution in [3.05, 3.63) is 0 Å². The second-order valence-electron chi connectivity index (χ2n) is 4.65. The number of hydrogen-bond donors (Lipinski definition) is 1. The molecule has 0 aliphatic heterocycles. The highest BCUT2D eigenvalue weighted by Gasteiger charge is 2.14. The van der Waals surface area contributed by atoms with E-state index >= 15 is 0 Å². The number of thioether (sulfide) groups is 1. The van der Waals surface area contributed by atoms with Gasteiger partial charge >= 0.3 is 5.97 Å². The Labute approximate surface area is 120 Å². The smallest absolute Gasteiger partial charge is 0.322 e. The number of hydrogen-bond acceptors (Lipinski definition) is 5. The molecule has 0 rings (SSSR count). The van der Waals surface area contributed by atoms with Gasteiger partial charge < -0.3 is 10.5 Å². The fourth-order valence-electron chi connectivity index (χ4n) is 1.61. The lowest BCUT2D eigenvalue weighted by Gasteiger charge is -2.10. The van der Waals surface area contributed by atoms with Crippen LogP contribution in [0.4, 0.5) is 0 Å². The third kappa shape index (κ3) is 11.0. The monoisotopic (exact) mass is 289 g/mol. The molecule has 112 valence electrons. The van der Waals surface area contributed by atoms with E-state index in [0.717, 1.165) is 25.0 Å². The van der Waals surface area contributed by atoms with Gasteiger partial charge in [0.15, 0.2) is 0 Å². The van der Waals surface area contributed by atoms with Crippen molar-refractivity contribution < 1.29 is 14.3 Å². The van der Waals surface area contributed by atoms with Gasteiger partial charge in [0.2, 0.25) is 0 Å². The standard InChI is InChI=1S/C14H27NO3S/c1-3-4-5-7-12(16)8-6-10-18-14(17)13(15)9-11-19-2/h13H,3-11,15H2,1-2H3. The lowest BCUT2D eigenvalue weighted by Crippen LogP contribution is -2.33. The van der Waals surface area contributed by atoms with Gasteiger partial charge in [-0.2, -0.15) is 11.8 Å². The number of rotatable bonds is 12. The first-order chi connectivity index (χ1) is 9.11. The molecule has 0 aromatic carbocycles. The van der Waals surface area contributed by atoms with Crippen LogP contribution in [0.25, 0.3) is 0 Å². The van der Waals surface area contributed by atoms with Crippen LogP contribution in [0, 0.1) is 0 Å². The van der Waals surface area contributed by atoms with Crippen LogP contribution in [-0.2, 0) is 14.3 Å². The van der Waals surface area contributed by atoms with E-state index in [1.807, 2.05) is 6.26 Å². The number of ether oxygens (including phenoxy) is 1. The highest BCUT2D eigenvalue weighted by Crippen LogP contribution is 2.05. The van der Waals surface area contributed by atoms with Crippen LogP contribution in [0.1, 0.15) is 51.9 Å². The normalized spacial score (nSPS) is 12.2. The first-order valence-electron chi connectivity index (χ1n) is 7.04. The molecule has 0 saturated carbocycles. The van der Waals surface area contributed by atoms with Gasteiger partial charge in [0, 0.05) is 12.8 Å². The quantitative estimate of drug-likeness (QED) is 0.441. The second kappa shape index (κ2) is 12.5. The van der Waals surface area contributed by atoms with E-state index in [0.29, 0.717) is 32.3 Å². The minimum Gasteiger partial charge on any atom is -0.465 e. The third-order valence-corrected chi connectivity index (χ3v) is 3.48. The minimum absolute atomic E-state index is 0.260. The molecule has 0 aliphatic carbocycles. The van der Waals surface area contributed by atoms with Crippen molar-refractivity contribution in [2.45, 2.75) is 57.9 Å². The van der Waals surface area contributed by atoms with Gasteiger partial charge in [-0.1, -0.05) is 19.8 Å². The van der Waals surface area contributed by atoms with Crippen LogP contribution < -0.4 is 5.73 Å². The van der Waals surface area contributed by atoms with Gasteiger partial charge in [-0.25, -0.2) is 0 Å². The van der Waals surface area contributed by atoms with Crippen LogP contribution >= 0.6 is 11.8 Å². The molecule has 19 heavy (non-hydrogen) atoms. The fraction of sp³-hybridized carbons (Fsp3) is 0.857. The maximum atomic E-state index is 11.5. The molecule has 0 fully saturated rings. The van der Waals surface area contributed by atoms with E-state index in [-0.39, 0.29) is 11.8 Å². The summed E-state index contributed by atoms with van der Waals surface area (Å²) in [6.45, 7) is 2.41. The summed E-state index contributed by atoms with van der Waals surface area (Å²) >= 11 is 1.66. The highest BCUT2D eigenvalue weighted by molar-refractivity contribution is 7.98. The van der Waals surface area contributed by atoms with Crippen molar-refractivity contribution in [3.8, 4) is 0 Å². The van der Waals surface area contributed by atoms with Crippen molar-refractivity contribution in [1.82, 2.24) is 0 Å². The summed E-state index contributed by atoms with van der Waals surface area (Å²) in [5.41, 5.74) is 5.67. The van der Waals surface area contributed by atoms with Crippen LogP contribution in [0.15, 0.2) is 0 Å². The van der Waals surface area contributed by atoms with E-state index in [2.05, 4.69) is 6.92 Å². The predicted octanol–water partition coefficient (Wildman–Crippen LogP) is 2.54. The molecule has 5 heteroatoms. The second-order valence-corrected chi connectivity index (χ2v) is 5.64. The molecule has 0 spiro atoms. The number of ketones is 1. The van der Waals surface area contributed by atoms with Gasteiger partial charge in [-0.05, 0) is 31.3 Å². The lowest BCUT2D eigenvalue weighted by molar-refractivity contribution is -0.145. The van der Waals surface area contributed by atoms with Gasteiger partial charge in [0.1, 0.15) is 11.8 Å². The Bertz CT molecular complexity index is 259. The Balaban J connectivity index is 3.51. The molecule has 2 N–H and O–H groups in total. The Hall–Kier alpha value is -0.550. The largest absolute Gasteiger partial charge is 0.465 e. The average Bonchev–Trinajstić information content (AvgIpc) is 2.40. The van der Waals surface area contributed by atoms with E-state index in [9.17, 15) is 9.59 Å². The van der Waals surface area contributed by atoms with Crippen molar-refractivity contribution in [1.29, 1.82) is 0 Å². The Kier molecular flexibility index (Phi) is 12.1. The Morgan fingerprint density at radius 3 is 2.53 bits per heavy atom. The summed E-state index contributed by atoms with van der Waals surface area (Å²) in [6, 6.07) is -0.535. The van der Waals surface area contributed by atoms with Crippen molar-refractivity contribution in [3.63, 3.8) is 0 Å². The number of carbonyl (C=O) groups excluding carboxylic acids is 2. The van der Waals surface area contributed by atoms with Crippen molar-refractivity contribution in [2.75, 3.05) is 18.6 Å². The number of Topliss-reactive ketones (excluding diaryl/α,β-unsaturated/α-hetero) is 1. The maximum absolute atomic E-state index is 11.5. The van der Waals surface area contributed by atoms with Gasteiger partial charge in [-0.3, -0.25) is 9.59 Å². The molecular formula is C14H27NO3S. The number of carbonyl (C=O) groups is 2. The van der Waals surface area contributed by atoms with Crippen LogP contribution in [-0.4, -0.2) is 36.4 Å².